The van der Waals surface area contributed by atoms with Gasteiger partial charge in [0.25, 0.3) is 0 Å². The summed E-state index contributed by atoms with van der Waals surface area (Å²) in [7, 11) is 0. The maximum atomic E-state index is 13.2. The number of rotatable bonds is 8. The van der Waals surface area contributed by atoms with Gasteiger partial charge in [0.2, 0.25) is 12.3 Å². The predicted octanol–water partition coefficient (Wildman–Crippen LogP) is 4.31. The molecule has 3 N–H and O–H groups in total. The van der Waals surface area contributed by atoms with Crippen molar-refractivity contribution >= 4 is 18.0 Å². The summed E-state index contributed by atoms with van der Waals surface area (Å²) in [4.78, 5) is 36.5. The molecule has 186 valence electrons. The average molecular weight is 487 g/mol. The Morgan fingerprint density at radius 3 is 2.23 bits per heavy atom. The molecule has 2 aromatic rings. The Morgan fingerprint density at radius 2 is 1.63 bits per heavy atom. The van der Waals surface area contributed by atoms with E-state index in [1.807, 2.05) is 48.5 Å². The third-order valence-electron chi connectivity index (χ3n) is 6.74. The summed E-state index contributed by atoms with van der Waals surface area (Å²) in [6.07, 6.45) is -2.74. The number of hydrogen-bond acceptors (Lipinski definition) is 4. The second-order valence-electron chi connectivity index (χ2n) is 9.06. The molecule has 1 fully saturated rings. The quantitative estimate of drug-likeness (QED) is 0.516. The van der Waals surface area contributed by atoms with Gasteiger partial charge in [0.1, 0.15) is 12.6 Å². The zero-order valence-corrected chi connectivity index (χ0v) is 19.1. The third-order valence-corrected chi connectivity index (χ3v) is 6.74. The van der Waals surface area contributed by atoms with Crippen LogP contribution in [-0.2, 0) is 14.3 Å². The van der Waals surface area contributed by atoms with Crippen LogP contribution in [0.4, 0.5) is 13.6 Å². The van der Waals surface area contributed by atoms with Crippen LogP contribution in [0.3, 0.4) is 0 Å². The Morgan fingerprint density at radius 1 is 1.00 bits per heavy atom. The van der Waals surface area contributed by atoms with Crippen molar-refractivity contribution in [3.8, 4) is 11.1 Å². The Balaban J connectivity index is 1.38. The molecule has 7 nitrogen and oxygen atoms in total. The fraction of sp³-hybridized carbons (Fsp3) is 0.423. The molecule has 0 radical (unpaired) electrons. The van der Waals surface area contributed by atoms with E-state index in [1.54, 1.807) is 0 Å². The van der Waals surface area contributed by atoms with Crippen molar-refractivity contribution in [3.63, 3.8) is 0 Å². The zero-order valence-electron chi connectivity index (χ0n) is 19.1. The SMILES string of the molecule is O=C(NC(CC(F)F)C(=O)N[C@H]1CCC[C@@H](C(=O)O)C1)OCC1c2ccccc2-c2ccccc21. The van der Waals surface area contributed by atoms with E-state index in [-0.39, 0.29) is 18.9 Å². The molecule has 0 heterocycles. The molecule has 2 aromatic carbocycles. The molecule has 2 aliphatic rings. The molecule has 35 heavy (non-hydrogen) atoms. The molecule has 0 saturated heterocycles. The number of alkyl halides is 2. The lowest BCUT2D eigenvalue weighted by atomic mass is 9.85. The number of amides is 2. The lowest BCUT2D eigenvalue weighted by Crippen LogP contribution is -2.51. The highest BCUT2D eigenvalue weighted by Gasteiger charge is 2.33. The van der Waals surface area contributed by atoms with Crippen molar-refractivity contribution < 1.29 is 33.0 Å². The fourth-order valence-electron chi connectivity index (χ4n) is 5.04. The topological polar surface area (TPSA) is 105 Å². The second kappa shape index (κ2) is 10.8. The van der Waals surface area contributed by atoms with Gasteiger partial charge < -0.3 is 20.5 Å². The van der Waals surface area contributed by atoms with Crippen molar-refractivity contribution in [2.45, 2.75) is 56.5 Å². The second-order valence-corrected chi connectivity index (χ2v) is 9.06. The van der Waals surface area contributed by atoms with Crippen LogP contribution in [0.1, 0.15) is 49.1 Å². The van der Waals surface area contributed by atoms with Gasteiger partial charge in [-0.1, -0.05) is 55.0 Å². The highest BCUT2D eigenvalue weighted by Crippen LogP contribution is 2.44. The summed E-state index contributed by atoms with van der Waals surface area (Å²) in [6, 6.07) is 13.7. The molecule has 1 saturated carbocycles. The summed E-state index contributed by atoms with van der Waals surface area (Å²) in [5.74, 6) is -2.50. The number of aliphatic carboxylic acids is 1. The minimum absolute atomic E-state index is 0.00814. The van der Waals surface area contributed by atoms with E-state index in [0.29, 0.717) is 19.3 Å². The maximum Gasteiger partial charge on any atom is 0.407 e. The Kier molecular flexibility index (Phi) is 7.63. The normalized spacial score (nSPS) is 20.0. The molecule has 9 heteroatoms. The first-order chi connectivity index (χ1) is 16.8. The van der Waals surface area contributed by atoms with Crippen molar-refractivity contribution in [2.24, 2.45) is 5.92 Å². The number of ether oxygens (including phenoxy) is 1. The minimum Gasteiger partial charge on any atom is -0.481 e. The van der Waals surface area contributed by atoms with E-state index in [1.165, 1.54) is 0 Å². The summed E-state index contributed by atoms with van der Waals surface area (Å²) in [6.45, 7) is -0.00814. The van der Waals surface area contributed by atoms with Gasteiger partial charge in [-0.05, 0) is 41.5 Å². The first-order valence-corrected chi connectivity index (χ1v) is 11.8. The predicted molar refractivity (Wildman–Crippen MR) is 124 cm³/mol. The molecular formula is C26H28F2N2O5. The van der Waals surface area contributed by atoms with E-state index >= 15 is 0 Å². The van der Waals surface area contributed by atoms with Gasteiger partial charge in [-0.25, -0.2) is 13.6 Å². The van der Waals surface area contributed by atoms with Crippen LogP contribution in [-0.4, -0.2) is 48.2 Å². The number of benzene rings is 2. The van der Waals surface area contributed by atoms with Crippen molar-refractivity contribution in [1.82, 2.24) is 10.6 Å². The van der Waals surface area contributed by atoms with Gasteiger partial charge in [0.15, 0.2) is 0 Å². The van der Waals surface area contributed by atoms with Gasteiger partial charge in [-0.3, -0.25) is 9.59 Å². The molecule has 4 rings (SSSR count). The van der Waals surface area contributed by atoms with Crippen molar-refractivity contribution in [2.75, 3.05) is 6.61 Å². The van der Waals surface area contributed by atoms with Crippen LogP contribution in [0.5, 0.6) is 0 Å². The fourth-order valence-corrected chi connectivity index (χ4v) is 5.04. The number of carboxylic acids is 1. The van der Waals surface area contributed by atoms with Crippen LogP contribution in [0.25, 0.3) is 11.1 Å². The van der Waals surface area contributed by atoms with Gasteiger partial charge >= 0.3 is 12.1 Å². The van der Waals surface area contributed by atoms with Crippen LogP contribution < -0.4 is 10.6 Å². The van der Waals surface area contributed by atoms with Gasteiger partial charge in [0, 0.05) is 18.4 Å². The summed E-state index contributed by atoms with van der Waals surface area (Å²) in [5, 5.41) is 14.1. The smallest absolute Gasteiger partial charge is 0.407 e. The molecular weight excluding hydrogens is 458 g/mol. The molecule has 0 bridgehead atoms. The van der Waals surface area contributed by atoms with E-state index < -0.39 is 48.8 Å². The molecule has 0 aromatic heterocycles. The summed E-state index contributed by atoms with van der Waals surface area (Å²) >= 11 is 0. The highest BCUT2D eigenvalue weighted by atomic mass is 19.3. The van der Waals surface area contributed by atoms with E-state index in [0.717, 1.165) is 22.3 Å². The number of nitrogens with one attached hydrogen (secondary N) is 2. The lowest BCUT2D eigenvalue weighted by Gasteiger charge is -2.29. The van der Waals surface area contributed by atoms with E-state index in [4.69, 9.17) is 4.74 Å². The summed E-state index contributed by atoms with van der Waals surface area (Å²) in [5.41, 5.74) is 4.13. The molecule has 2 aliphatic carbocycles. The molecule has 3 atom stereocenters. The number of hydrogen-bond donors (Lipinski definition) is 3. The largest absolute Gasteiger partial charge is 0.481 e. The van der Waals surface area contributed by atoms with E-state index in [2.05, 4.69) is 10.6 Å². The average Bonchev–Trinajstić information content (AvgIpc) is 3.16. The van der Waals surface area contributed by atoms with Crippen LogP contribution in [0, 0.1) is 5.92 Å². The number of fused-ring (bicyclic) bond motifs is 3. The summed E-state index contributed by atoms with van der Waals surface area (Å²) < 4.78 is 31.7. The van der Waals surface area contributed by atoms with E-state index in [9.17, 15) is 28.3 Å². The number of halogens is 2. The zero-order chi connectivity index (χ0) is 24.9. The molecule has 0 spiro atoms. The van der Waals surface area contributed by atoms with Crippen LogP contribution >= 0.6 is 0 Å². The minimum atomic E-state index is -2.82. The van der Waals surface area contributed by atoms with Gasteiger partial charge in [-0.15, -0.1) is 0 Å². The Bertz CT molecular complexity index is 1050. The first kappa shape index (κ1) is 24.6. The highest BCUT2D eigenvalue weighted by molar-refractivity contribution is 5.86. The molecule has 0 aliphatic heterocycles. The van der Waals surface area contributed by atoms with Crippen molar-refractivity contribution in [3.05, 3.63) is 59.7 Å². The van der Waals surface area contributed by atoms with Gasteiger partial charge in [0.05, 0.1) is 5.92 Å². The monoisotopic (exact) mass is 486 g/mol. The van der Waals surface area contributed by atoms with Crippen LogP contribution in [0.2, 0.25) is 0 Å². The first-order valence-electron chi connectivity index (χ1n) is 11.8. The number of alkyl carbamates (subject to hydrolysis) is 1. The standard InChI is InChI=1S/C26H28F2N2O5/c27-23(28)13-22(24(31)29-16-7-5-6-15(12-16)25(32)33)30-26(34)35-14-21-19-10-3-1-8-17(19)18-9-2-4-11-20(18)21/h1-4,8-11,15-16,21-23H,5-7,12-14H2,(H,29,31)(H,30,34)(H,32,33)/t15-,16+,22?/m1/s1. The number of carboxylic acid groups (broad SMARTS) is 1. The molecule has 2 amide bonds. The number of carbonyl (C=O) groups excluding carboxylic acids is 2. The molecule has 1 unspecified atom stereocenters. The Labute approximate surface area is 201 Å². The third kappa shape index (κ3) is 5.78. The lowest BCUT2D eigenvalue weighted by molar-refractivity contribution is -0.143. The Hall–Kier alpha value is -3.49. The van der Waals surface area contributed by atoms with Gasteiger partial charge in [-0.2, -0.15) is 0 Å². The maximum absolute atomic E-state index is 13.2. The van der Waals surface area contributed by atoms with Crippen LogP contribution in [0.15, 0.2) is 48.5 Å². The number of carbonyl (C=O) groups is 3. The van der Waals surface area contributed by atoms with Crippen molar-refractivity contribution in [1.29, 1.82) is 0 Å².